The first-order valence-electron chi connectivity index (χ1n) is 2.78. The molecule has 2 aliphatic rings. The summed E-state index contributed by atoms with van der Waals surface area (Å²) in [4.78, 5) is 0. The molecule has 2 rings (SSSR count). The Hall–Kier alpha value is -0.260. The molecule has 0 spiro atoms. The molecular weight excluding hydrogens is 84.1 g/mol. The van der Waals surface area contributed by atoms with Gasteiger partial charge in [0.05, 0.1) is 0 Å². The molecular formula is C7H7. The minimum absolute atomic E-state index is 0.685. The van der Waals surface area contributed by atoms with E-state index in [0.29, 0.717) is 5.92 Å². The van der Waals surface area contributed by atoms with Gasteiger partial charge in [-0.1, -0.05) is 6.08 Å². The first-order valence-corrected chi connectivity index (χ1v) is 2.78. The Bertz CT molecular complexity index is 90.6. The molecule has 0 N–H and O–H groups in total. The summed E-state index contributed by atoms with van der Waals surface area (Å²) in [5.41, 5.74) is 0. The molecule has 35 valence electrons. The number of fused-ring (bicyclic) bond motifs is 2. The van der Waals surface area contributed by atoms with Crippen LogP contribution in [0.1, 0.15) is 12.8 Å². The maximum Gasteiger partial charge on any atom is -0.00923 e. The quantitative estimate of drug-likeness (QED) is 0.423. The molecule has 0 aromatic rings. The summed E-state index contributed by atoms with van der Waals surface area (Å²) in [6.07, 6.45) is 11.2. The van der Waals surface area contributed by atoms with Gasteiger partial charge in [-0.3, -0.25) is 0 Å². The highest BCUT2D eigenvalue weighted by molar-refractivity contribution is 5.09. The molecule has 0 heteroatoms. The zero-order valence-electron chi connectivity index (χ0n) is 4.15. The van der Waals surface area contributed by atoms with Crippen molar-refractivity contribution in [3.63, 3.8) is 0 Å². The van der Waals surface area contributed by atoms with Gasteiger partial charge in [0, 0.05) is 0 Å². The summed E-state index contributed by atoms with van der Waals surface area (Å²) in [6, 6.07) is 0. The SMILES string of the molecule is [C]1CC2[C]=CC1C2. The van der Waals surface area contributed by atoms with E-state index in [-0.39, 0.29) is 0 Å². The Labute approximate surface area is 44.2 Å². The van der Waals surface area contributed by atoms with Gasteiger partial charge in [-0.25, -0.2) is 0 Å². The van der Waals surface area contributed by atoms with Crippen molar-refractivity contribution in [3.8, 4) is 0 Å². The van der Waals surface area contributed by atoms with Gasteiger partial charge in [0.25, 0.3) is 0 Å². The van der Waals surface area contributed by atoms with E-state index in [1.165, 1.54) is 12.8 Å². The molecule has 3 radical (unpaired) electrons. The third-order valence-electron chi connectivity index (χ3n) is 1.70. The van der Waals surface area contributed by atoms with Crippen molar-refractivity contribution in [2.24, 2.45) is 11.8 Å². The van der Waals surface area contributed by atoms with Crippen molar-refractivity contribution in [2.45, 2.75) is 12.8 Å². The first kappa shape index (κ1) is 3.71. The van der Waals surface area contributed by atoms with E-state index in [2.05, 4.69) is 18.6 Å². The van der Waals surface area contributed by atoms with E-state index in [4.69, 9.17) is 0 Å². The van der Waals surface area contributed by atoms with Gasteiger partial charge in [-0.15, -0.1) is 0 Å². The molecule has 2 atom stereocenters. The first-order chi connectivity index (χ1) is 3.45. The van der Waals surface area contributed by atoms with E-state index in [0.717, 1.165) is 5.92 Å². The van der Waals surface area contributed by atoms with Gasteiger partial charge in [0.1, 0.15) is 0 Å². The van der Waals surface area contributed by atoms with E-state index < -0.39 is 0 Å². The summed E-state index contributed by atoms with van der Waals surface area (Å²) in [5, 5.41) is 0. The summed E-state index contributed by atoms with van der Waals surface area (Å²) in [7, 11) is 0. The second-order valence-corrected chi connectivity index (χ2v) is 2.28. The number of rotatable bonds is 0. The standard InChI is InChI=1S/C7H7/c1-2-7-4-3-6(1)5-7/h1,6-7H,4-5H2. The zero-order chi connectivity index (χ0) is 4.69. The second kappa shape index (κ2) is 1.12. The van der Waals surface area contributed by atoms with E-state index in [1.807, 2.05) is 0 Å². The lowest BCUT2D eigenvalue weighted by molar-refractivity contribution is 0.680. The normalized spacial score (nSPS) is 45.7. The third-order valence-corrected chi connectivity index (χ3v) is 1.70. The molecule has 0 aromatic heterocycles. The Morgan fingerprint density at radius 1 is 1.57 bits per heavy atom. The van der Waals surface area contributed by atoms with Crippen LogP contribution in [-0.4, -0.2) is 0 Å². The highest BCUT2D eigenvalue weighted by atomic mass is 14.3. The van der Waals surface area contributed by atoms with E-state index >= 15 is 0 Å². The summed E-state index contributed by atoms with van der Waals surface area (Å²) >= 11 is 0. The van der Waals surface area contributed by atoms with Gasteiger partial charge in [-0.2, -0.15) is 0 Å². The van der Waals surface area contributed by atoms with Crippen molar-refractivity contribution < 1.29 is 0 Å². The summed E-state index contributed by atoms with van der Waals surface area (Å²) in [5.74, 6) is 1.44. The Morgan fingerprint density at radius 2 is 2.57 bits per heavy atom. The topological polar surface area (TPSA) is 0 Å². The molecule has 0 saturated heterocycles. The van der Waals surface area contributed by atoms with Gasteiger partial charge in [0.2, 0.25) is 0 Å². The van der Waals surface area contributed by atoms with Crippen LogP contribution in [0.5, 0.6) is 0 Å². The molecule has 2 aliphatic carbocycles. The highest BCUT2D eigenvalue weighted by Gasteiger charge is 2.26. The molecule has 2 bridgehead atoms. The van der Waals surface area contributed by atoms with Gasteiger partial charge >= 0.3 is 0 Å². The van der Waals surface area contributed by atoms with Crippen LogP contribution in [0.3, 0.4) is 0 Å². The molecule has 7 heavy (non-hydrogen) atoms. The maximum atomic E-state index is 3.34. The number of hydrogen-bond donors (Lipinski definition) is 0. The summed E-state index contributed by atoms with van der Waals surface area (Å²) < 4.78 is 0. The second-order valence-electron chi connectivity index (χ2n) is 2.28. The monoisotopic (exact) mass is 91.1 g/mol. The van der Waals surface area contributed by atoms with Crippen LogP contribution >= 0.6 is 0 Å². The minimum atomic E-state index is 0.685. The van der Waals surface area contributed by atoms with E-state index in [9.17, 15) is 0 Å². The van der Waals surface area contributed by atoms with Crippen LogP contribution in [0.25, 0.3) is 0 Å². The highest BCUT2D eigenvalue weighted by Crippen LogP contribution is 2.36. The fourth-order valence-electron chi connectivity index (χ4n) is 1.27. The molecule has 0 nitrogen and oxygen atoms in total. The zero-order valence-corrected chi connectivity index (χ0v) is 4.15. The molecule has 0 amide bonds. The van der Waals surface area contributed by atoms with Crippen molar-refractivity contribution in [2.75, 3.05) is 0 Å². The lowest BCUT2D eigenvalue weighted by atomic mass is 10.1. The van der Waals surface area contributed by atoms with Crippen molar-refractivity contribution in [1.29, 1.82) is 0 Å². The smallest absolute Gasteiger partial charge is 0.00923 e. The largest absolute Gasteiger partial charge is 0.0770 e. The molecule has 2 unspecified atom stereocenters. The maximum absolute atomic E-state index is 3.34. The molecule has 0 heterocycles. The minimum Gasteiger partial charge on any atom is -0.0770 e. The lowest BCUT2D eigenvalue weighted by Crippen LogP contribution is -1.84. The predicted molar refractivity (Wildman–Crippen MR) is 27.3 cm³/mol. The fraction of sp³-hybridized carbons (Fsp3) is 0.571. The van der Waals surface area contributed by atoms with Crippen molar-refractivity contribution >= 4 is 0 Å². The molecule has 0 aromatic carbocycles. The Kier molecular flexibility index (Phi) is 0.592. The average molecular weight is 91.1 g/mol. The lowest BCUT2D eigenvalue weighted by Gasteiger charge is -1.95. The Morgan fingerprint density at radius 3 is 2.71 bits per heavy atom. The molecule has 1 fully saturated rings. The number of allylic oxidation sites excluding steroid dienone is 2. The fourth-order valence-corrected chi connectivity index (χ4v) is 1.27. The van der Waals surface area contributed by atoms with Crippen LogP contribution < -0.4 is 0 Å². The van der Waals surface area contributed by atoms with Crippen LogP contribution in [-0.2, 0) is 0 Å². The third kappa shape index (κ3) is 0.425. The Balaban J connectivity index is 2.27. The molecule has 0 aliphatic heterocycles. The molecule has 1 saturated carbocycles. The van der Waals surface area contributed by atoms with Gasteiger partial charge in [-0.05, 0) is 37.2 Å². The van der Waals surface area contributed by atoms with Crippen LogP contribution in [0.4, 0.5) is 0 Å². The summed E-state index contributed by atoms with van der Waals surface area (Å²) in [6.45, 7) is 0. The van der Waals surface area contributed by atoms with Crippen LogP contribution in [0, 0.1) is 24.3 Å². The number of hydrogen-bond acceptors (Lipinski definition) is 0. The van der Waals surface area contributed by atoms with Gasteiger partial charge < -0.3 is 0 Å². The average Bonchev–Trinajstić information content (AvgIpc) is 2.22. The van der Waals surface area contributed by atoms with Crippen LogP contribution in [0.15, 0.2) is 6.08 Å². The van der Waals surface area contributed by atoms with Crippen molar-refractivity contribution in [1.82, 2.24) is 0 Å². The predicted octanol–water partition coefficient (Wildman–Crippen LogP) is 1.47. The van der Waals surface area contributed by atoms with E-state index in [1.54, 1.807) is 0 Å². The van der Waals surface area contributed by atoms with Crippen LogP contribution in [0.2, 0.25) is 0 Å². The van der Waals surface area contributed by atoms with Gasteiger partial charge in [0.15, 0.2) is 0 Å². The van der Waals surface area contributed by atoms with Crippen molar-refractivity contribution in [3.05, 3.63) is 18.6 Å².